The van der Waals surface area contributed by atoms with E-state index >= 15 is 0 Å². The molecular formula is C23H25FN4S. The van der Waals surface area contributed by atoms with Gasteiger partial charge < -0.3 is 5.32 Å². The number of nitrogens with zero attached hydrogens (tertiary/aromatic N) is 3. The standard InChI is InChI=1S/C21H19FN4S.C2H6/c1-13-20-19(26(2)25-13)12-18(14-4-6-15(22)7-5-14)24-21(20)23-16-8-10-17(27-3)11-9-16;1-2/h4-12H,1-3H3,(H,23,24);1-2H3. The maximum Gasteiger partial charge on any atom is 0.142 e. The van der Waals surface area contributed by atoms with Gasteiger partial charge in [0.15, 0.2) is 0 Å². The van der Waals surface area contributed by atoms with Crippen molar-refractivity contribution in [3.63, 3.8) is 0 Å². The van der Waals surface area contributed by atoms with Gasteiger partial charge in [-0.1, -0.05) is 13.8 Å². The fraction of sp³-hybridized carbons (Fsp3) is 0.217. The van der Waals surface area contributed by atoms with Gasteiger partial charge in [-0.15, -0.1) is 11.8 Å². The van der Waals surface area contributed by atoms with Crippen molar-refractivity contribution in [2.75, 3.05) is 11.6 Å². The zero-order chi connectivity index (χ0) is 21.0. The molecule has 150 valence electrons. The number of rotatable bonds is 4. The minimum absolute atomic E-state index is 0.261. The molecule has 0 aliphatic heterocycles. The van der Waals surface area contributed by atoms with Gasteiger partial charge in [0.05, 0.1) is 22.3 Å². The van der Waals surface area contributed by atoms with Crippen molar-refractivity contribution in [3.05, 3.63) is 66.1 Å². The Bertz CT molecular complexity index is 1100. The van der Waals surface area contributed by atoms with E-state index in [-0.39, 0.29) is 5.82 Å². The van der Waals surface area contributed by atoms with Crippen molar-refractivity contribution in [2.45, 2.75) is 25.7 Å². The maximum atomic E-state index is 13.3. The summed E-state index contributed by atoms with van der Waals surface area (Å²) in [6.07, 6.45) is 2.05. The van der Waals surface area contributed by atoms with E-state index in [1.807, 2.05) is 50.7 Å². The number of aryl methyl sites for hydroxylation is 2. The van der Waals surface area contributed by atoms with Gasteiger partial charge in [0, 0.05) is 23.2 Å². The van der Waals surface area contributed by atoms with Gasteiger partial charge in [-0.3, -0.25) is 4.68 Å². The molecule has 0 amide bonds. The molecule has 4 rings (SSSR count). The van der Waals surface area contributed by atoms with Crippen LogP contribution in [0.3, 0.4) is 0 Å². The number of thioether (sulfide) groups is 1. The molecule has 1 N–H and O–H groups in total. The average Bonchev–Trinajstić information content (AvgIpc) is 3.04. The lowest BCUT2D eigenvalue weighted by atomic mass is 10.1. The Morgan fingerprint density at radius 1 is 1.00 bits per heavy atom. The largest absolute Gasteiger partial charge is 0.340 e. The summed E-state index contributed by atoms with van der Waals surface area (Å²) < 4.78 is 15.2. The highest BCUT2D eigenvalue weighted by atomic mass is 32.2. The fourth-order valence-corrected chi connectivity index (χ4v) is 3.55. The van der Waals surface area contributed by atoms with E-state index in [2.05, 4.69) is 28.8 Å². The van der Waals surface area contributed by atoms with Crippen LogP contribution in [0.25, 0.3) is 22.2 Å². The summed E-state index contributed by atoms with van der Waals surface area (Å²) in [7, 11) is 1.92. The second-order valence-electron chi connectivity index (χ2n) is 6.32. The molecule has 0 bridgehead atoms. The summed E-state index contributed by atoms with van der Waals surface area (Å²) in [5.74, 6) is 0.484. The van der Waals surface area contributed by atoms with Crippen LogP contribution >= 0.6 is 11.8 Å². The predicted molar refractivity (Wildman–Crippen MR) is 121 cm³/mol. The number of pyridine rings is 1. The van der Waals surface area contributed by atoms with Crippen molar-refractivity contribution >= 4 is 34.2 Å². The molecule has 2 heterocycles. The van der Waals surface area contributed by atoms with Gasteiger partial charge in [0.2, 0.25) is 0 Å². The van der Waals surface area contributed by atoms with Crippen molar-refractivity contribution in [1.82, 2.24) is 14.8 Å². The number of nitrogens with one attached hydrogen (secondary N) is 1. The molecule has 0 fully saturated rings. The van der Waals surface area contributed by atoms with Gasteiger partial charge in [-0.2, -0.15) is 5.10 Å². The van der Waals surface area contributed by atoms with Gasteiger partial charge in [-0.05, 0) is 67.8 Å². The molecule has 0 saturated carbocycles. The molecule has 0 unspecified atom stereocenters. The Labute approximate surface area is 175 Å². The van der Waals surface area contributed by atoms with E-state index in [0.717, 1.165) is 39.4 Å². The monoisotopic (exact) mass is 408 g/mol. The molecule has 4 nitrogen and oxygen atoms in total. The number of halogens is 1. The summed E-state index contributed by atoms with van der Waals surface area (Å²) >= 11 is 1.71. The molecule has 0 aliphatic rings. The van der Waals surface area contributed by atoms with E-state index in [9.17, 15) is 4.39 Å². The normalized spacial score (nSPS) is 10.6. The molecule has 0 atom stereocenters. The third kappa shape index (κ3) is 4.43. The van der Waals surface area contributed by atoms with Crippen LogP contribution in [0.4, 0.5) is 15.9 Å². The molecule has 2 aromatic carbocycles. The topological polar surface area (TPSA) is 42.7 Å². The molecule has 29 heavy (non-hydrogen) atoms. The quantitative estimate of drug-likeness (QED) is 0.388. The minimum Gasteiger partial charge on any atom is -0.340 e. The van der Waals surface area contributed by atoms with Gasteiger partial charge in [0.25, 0.3) is 0 Å². The van der Waals surface area contributed by atoms with Crippen LogP contribution < -0.4 is 5.32 Å². The molecule has 0 radical (unpaired) electrons. The van der Waals surface area contributed by atoms with Crippen LogP contribution in [0.2, 0.25) is 0 Å². The molecule has 4 aromatic rings. The molecule has 0 aliphatic carbocycles. The summed E-state index contributed by atoms with van der Waals surface area (Å²) in [6.45, 7) is 5.98. The van der Waals surface area contributed by atoms with Crippen LogP contribution in [0.1, 0.15) is 19.5 Å². The molecule has 0 saturated heterocycles. The first-order valence-electron chi connectivity index (χ1n) is 9.56. The molecular weight excluding hydrogens is 383 g/mol. The van der Waals surface area contributed by atoms with Crippen LogP contribution in [0, 0.1) is 12.7 Å². The van der Waals surface area contributed by atoms with E-state index < -0.39 is 0 Å². The molecule has 0 spiro atoms. The predicted octanol–water partition coefficient (Wildman–Crippen LogP) is 6.57. The Morgan fingerprint density at radius 2 is 1.66 bits per heavy atom. The van der Waals surface area contributed by atoms with E-state index in [1.54, 1.807) is 23.9 Å². The van der Waals surface area contributed by atoms with E-state index in [0.29, 0.717) is 0 Å². The number of benzene rings is 2. The lowest BCUT2D eigenvalue weighted by Gasteiger charge is -2.11. The highest BCUT2D eigenvalue weighted by Crippen LogP contribution is 2.32. The van der Waals surface area contributed by atoms with Crippen molar-refractivity contribution < 1.29 is 4.39 Å². The smallest absolute Gasteiger partial charge is 0.142 e. The number of hydrogen-bond donors (Lipinski definition) is 1. The summed E-state index contributed by atoms with van der Waals surface area (Å²) in [5, 5.41) is 8.95. The second-order valence-corrected chi connectivity index (χ2v) is 7.20. The lowest BCUT2D eigenvalue weighted by molar-refractivity contribution is 0.628. The summed E-state index contributed by atoms with van der Waals surface area (Å²) in [4.78, 5) is 6.03. The summed E-state index contributed by atoms with van der Waals surface area (Å²) in [6, 6.07) is 16.6. The Hall–Kier alpha value is -2.86. The van der Waals surface area contributed by atoms with Gasteiger partial charge in [0.1, 0.15) is 11.6 Å². The Balaban J connectivity index is 0.00000117. The lowest BCUT2D eigenvalue weighted by Crippen LogP contribution is -1.98. The number of hydrogen-bond acceptors (Lipinski definition) is 4. The second kappa shape index (κ2) is 9.09. The number of fused-ring (bicyclic) bond motifs is 1. The van der Waals surface area contributed by atoms with Crippen LogP contribution in [-0.2, 0) is 7.05 Å². The number of aromatic nitrogens is 3. The fourth-order valence-electron chi connectivity index (χ4n) is 3.14. The van der Waals surface area contributed by atoms with Crippen molar-refractivity contribution in [1.29, 1.82) is 0 Å². The van der Waals surface area contributed by atoms with Crippen molar-refractivity contribution in [2.24, 2.45) is 7.05 Å². The molecule has 2 aromatic heterocycles. The SMILES string of the molecule is CC.CSc1ccc(Nc2nc(-c3ccc(F)cc3)cc3c2c(C)nn3C)cc1. The first-order valence-corrected chi connectivity index (χ1v) is 10.8. The van der Waals surface area contributed by atoms with Gasteiger partial charge in [-0.25, -0.2) is 9.37 Å². The van der Waals surface area contributed by atoms with E-state index in [1.165, 1.54) is 17.0 Å². The first-order chi connectivity index (χ1) is 14.0. The average molecular weight is 409 g/mol. The Kier molecular flexibility index (Phi) is 6.54. The summed E-state index contributed by atoms with van der Waals surface area (Å²) in [5.41, 5.74) is 4.48. The maximum absolute atomic E-state index is 13.3. The van der Waals surface area contributed by atoms with Crippen molar-refractivity contribution in [3.8, 4) is 11.3 Å². The van der Waals surface area contributed by atoms with Crippen LogP contribution in [-0.4, -0.2) is 21.0 Å². The zero-order valence-corrected chi connectivity index (χ0v) is 18.1. The molecule has 6 heteroatoms. The third-order valence-corrected chi connectivity index (χ3v) is 5.25. The highest BCUT2D eigenvalue weighted by molar-refractivity contribution is 7.98. The first kappa shape index (κ1) is 20.9. The van der Waals surface area contributed by atoms with Gasteiger partial charge >= 0.3 is 0 Å². The van der Waals surface area contributed by atoms with E-state index in [4.69, 9.17) is 4.98 Å². The minimum atomic E-state index is -0.261. The zero-order valence-electron chi connectivity index (χ0n) is 17.3. The highest BCUT2D eigenvalue weighted by Gasteiger charge is 2.15. The van der Waals surface area contributed by atoms with Crippen LogP contribution in [0.5, 0.6) is 0 Å². The third-order valence-electron chi connectivity index (χ3n) is 4.50. The number of anilines is 2. The Morgan fingerprint density at radius 3 is 2.28 bits per heavy atom. The van der Waals surface area contributed by atoms with Crippen LogP contribution in [0.15, 0.2) is 59.5 Å².